The maximum Gasteiger partial charge on any atom is -0.0809 e. The molecule has 2 aromatic rings. The van der Waals surface area contributed by atoms with Gasteiger partial charge in [-0.25, -0.2) is 0 Å². The van der Waals surface area contributed by atoms with Gasteiger partial charge in [-0.15, -0.1) is 60.0 Å². The van der Waals surface area contributed by atoms with Crippen molar-refractivity contribution in [3.8, 4) is 0 Å². The third kappa shape index (κ3) is 40.5. The van der Waals surface area contributed by atoms with Gasteiger partial charge in [0.05, 0.1) is 0 Å². The molecule has 2 rings (SSSR count). The smallest absolute Gasteiger partial charge is 0.0809 e. The van der Waals surface area contributed by atoms with Crippen molar-refractivity contribution in [2.24, 2.45) is 0 Å². The summed E-state index contributed by atoms with van der Waals surface area (Å²) >= 11 is 1.81. The van der Waals surface area contributed by atoms with Gasteiger partial charge in [0, 0.05) is 9.52 Å². The van der Waals surface area contributed by atoms with E-state index in [1.165, 1.54) is 10.8 Å². The third-order valence-electron chi connectivity index (χ3n) is 1.55. The van der Waals surface area contributed by atoms with E-state index in [0.29, 0.717) is 0 Å². The van der Waals surface area contributed by atoms with Crippen LogP contribution in [0.5, 0.6) is 0 Å². The van der Waals surface area contributed by atoms with Gasteiger partial charge in [0.15, 0.2) is 0 Å². The molecule has 0 bridgehead atoms. The second kappa shape index (κ2) is 29.2. The van der Waals surface area contributed by atoms with Crippen molar-refractivity contribution in [3.63, 3.8) is 0 Å². The van der Waals surface area contributed by atoms with Crippen molar-refractivity contribution in [1.82, 2.24) is 0 Å². The number of aliphatic hydroxyl groups excluding tert-OH is 1. The normalized spacial score (nSPS) is 7.64. The molecular formula is C18H33Cl2NOSi2Ti-4. The molecular weight excluding hydrogens is 421 g/mol. The Labute approximate surface area is 184 Å². The van der Waals surface area contributed by atoms with Crippen molar-refractivity contribution in [1.29, 1.82) is 0 Å². The molecule has 0 aliphatic heterocycles. The zero-order chi connectivity index (χ0) is 18.0. The Bertz CT molecular complexity index is 414. The molecule has 2 aromatic carbocycles. The van der Waals surface area contributed by atoms with E-state index in [9.17, 15) is 0 Å². The van der Waals surface area contributed by atoms with Gasteiger partial charge in [0.1, 0.15) is 0 Å². The van der Waals surface area contributed by atoms with Crippen LogP contribution >= 0.6 is 24.8 Å². The summed E-state index contributed by atoms with van der Waals surface area (Å²) in [7, 11) is 4.06. The molecule has 0 saturated carbocycles. The second-order valence-electron chi connectivity index (χ2n) is 5.13. The van der Waals surface area contributed by atoms with Crippen LogP contribution in [0, 0.1) is 14.4 Å². The molecule has 4 radical (unpaired) electrons. The first-order valence-corrected chi connectivity index (χ1v) is 11.7. The maximum atomic E-state index is 7.46. The van der Waals surface area contributed by atoms with Crippen LogP contribution in [0.15, 0.2) is 42.5 Å². The van der Waals surface area contributed by atoms with Crippen molar-refractivity contribution >= 4 is 52.7 Å². The van der Waals surface area contributed by atoms with Gasteiger partial charge >= 0.3 is 26.8 Å². The van der Waals surface area contributed by atoms with E-state index in [1.54, 1.807) is 19.2 Å². The number of halogens is 2. The number of hydrogen-bond donors (Lipinski definition) is 1. The van der Waals surface area contributed by atoms with Gasteiger partial charge in [0.2, 0.25) is 0 Å². The summed E-state index contributed by atoms with van der Waals surface area (Å²) in [6.45, 7) is 12.9. The van der Waals surface area contributed by atoms with E-state index in [4.69, 9.17) is 10.8 Å². The Balaban J connectivity index is -0.0000000499. The van der Waals surface area contributed by atoms with E-state index < -0.39 is 0 Å². The predicted octanol–water partition coefficient (Wildman–Crippen LogP) is 5.91. The molecule has 0 amide bonds. The van der Waals surface area contributed by atoms with Gasteiger partial charge in [-0.1, -0.05) is 46.5 Å². The molecule has 146 valence electrons. The van der Waals surface area contributed by atoms with Crippen LogP contribution in [-0.2, 0) is 19.2 Å². The van der Waals surface area contributed by atoms with Crippen molar-refractivity contribution in [2.45, 2.75) is 39.4 Å². The van der Waals surface area contributed by atoms with Gasteiger partial charge < -0.3 is 25.2 Å². The Morgan fingerprint density at radius 2 is 1.48 bits per heavy atom. The molecule has 0 heterocycles. The quantitative estimate of drug-likeness (QED) is 0.391. The SMILES string of the molecule is CC(C)(C)[NH-].C[Si]C.Cl.Cl.[CH2-]CO.[CH3-].[Si]=[Ti].c1ccc2[cH-]ccc2c1. The first-order valence-electron chi connectivity index (χ1n) is 6.89. The fourth-order valence-corrected chi connectivity index (χ4v) is 1.07. The van der Waals surface area contributed by atoms with E-state index in [-0.39, 0.29) is 44.4 Å². The molecule has 0 aromatic heterocycles. The number of aliphatic hydroxyl groups is 1. The van der Waals surface area contributed by atoms with Crippen molar-refractivity contribution in [3.05, 3.63) is 62.5 Å². The van der Waals surface area contributed by atoms with Gasteiger partial charge in [0.25, 0.3) is 0 Å². The number of hydrogen-bond acceptors (Lipinski definition) is 1. The molecule has 2 nitrogen and oxygen atoms in total. The van der Waals surface area contributed by atoms with Crippen LogP contribution in [-0.4, -0.2) is 34.4 Å². The molecule has 7 heteroatoms. The van der Waals surface area contributed by atoms with Crippen LogP contribution < -0.4 is 0 Å². The van der Waals surface area contributed by atoms with E-state index in [0.717, 1.165) is 9.52 Å². The average molecular weight is 454 g/mol. The fraction of sp³-hybridized carbons (Fsp3) is 0.389. The number of fused-ring (bicyclic) bond motifs is 1. The largest absolute Gasteiger partial charge is 0.168 e. The van der Waals surface area contributed by atoms with E-state index >= 15 is 0 Å². The maximum absolute atomic E-state index is 7.46. The van der Waals surface area contributed by atoms with Crippen LogP contribution in [0.1, 0.15) is 20.8 Å². The zero-order valence-electron chi connectivity index (χ0n) is 16.2. The summed E-state index contributed by atoms with van der Waals surface area (Å²) in [5.41, 5.74) is 6.69. The van der Waals surface area contributed by atoms with Gasteiger partial charge in [-0.2, -0.15) is 17.5 Å². The van der Waals surface area contributed by atoms with Crippen LogP contribution in [0.25, 0.3) is 16.5 Å². The van der Waals surface area contributed by atoms with E-state index in [1.807, 2.05) is 20.8 Å². The van der Waals surface area contributed by atoms with Crippen LogP contribution in [0.2, 0.25) is 13.1 Å². The first kappa shape index (κ1) is 40.2. The molecule has 0 aliphatic rings. The predicted molar refractivity (Wildman–Crippen MR) is 120 cm³/mol. The summed E-state index contributed by atoms with van der Waals surface area (Å²) in [5.74, 6) is 0. The monoisotopic (exact) mass is 453 g/mol. The minimum absolute atomic E-state index is 0. The summed E-state index contributed by atoms with van der Waals surface area (Å²) in [5, 5.41) is 10.1. The number of nitrogens with one attached hydrogen (secondary N) is 1. The Hall–Kier alpha value is 0.478. The summed E-state index contributed by atoms with van der Waals surface area (Å²) in [6, 6.07) is 14.7. The third-order valence-corrected chi connectivity index (χ3v) is 1.55. The topological polar surface area (TPSA) is 44.0 Å². The number of benzene rings is 1. The Kier molecular flexibility index (Phi) is 47.1. The second-order valence-corrected chi connectivity index (χ2v) is 6.13. The zero-order valence-corrected chi connectivity index (χ0v) is 21.4. The molecule has 25 heavy (non-hydrogen) atoms. The molecule has 0 spiro atoms. The minimum Gasteiger partial charge on any atom is -0.168 e. The van der Waals surface area contributed by atoms with Crippen molar-refractivity contribution in [2.75, 3.05) is 6.61 Å². The molecule has 0 atom stereocenters. The van der Waals surface area contributed by atoms with Gasteiger partial charge in [-0.3, -0.25) is 0 Å². The van der Waals surface area contributed by atoms with Crippen LogP contribution in [0.4, 0.5) is 0 Å². The van der Waals surface area contributed by atoms with E-state index in [2.05, 4.69) is 70.1 Å². The molecule has 0 saturated heterocycles. The standard InChI is InChI=1S/C9H7.C4H10N.C2H5O.C2H6Si.CH3.2ClH.Si.Ti/c1-2-5-9-7-3-6-8(9)4-1;1-4(2,3)5;1-2-3;1-3-2;;;;;/h1-7H;5H,1-3H3;3H,1-2H2;1-2H3;1H3;2*1H;;/q3*-1;;-1;;;;. The summed E-state index contributed by atoms with van der Waals surface area (Å²) in [4.78, 5) is 0. The summed E-state index contributed by atoms with van der Waals surface area (Å²) in [6.07, 6.45) is 0. The fourth-order valence-electron chi connectivity index (χ4n) is 1.07. The molecule has 0 fully saturated rings. The molecule has 0 unspecified atom stereocenters. The average Bonchev–Trinajstić information content (AvgIpc) is 2.89. The Morgan fingerprint density at radius 3 is 1.80 bits per heavy atom. The van der Waals surface area contributed by atoms with Crippen molar-refractivity contribution < 1.29 is 24.3 Å². The van der Waals surface area contributed by atoms with Gasteiger partial charge in [-0.05, 0) is 0 Å². The van der Waals surface area contributed by atoms with Crippen LogP contribution in [0.3, 0.4) is 0 Å². The summed E-state index contributed by atoms with van der Waals surface area (Å²) < 4.78 is 0. The minimum atomic E-state index is -0.250. The molecule has 0 aliphatic carbocycles. The molecule has 2 N–H and O–H groups in total. The first-order chi connectivity index (χ1) is 10.3. The number of rotatable bonds is 0. The Morgan fingerprint density at radius 1 is 1.16 bits per heavy atom.